The largest absolute Gasteiger partial charge is 0.495 e. The minimum atomic E-state index is -0.386. The average molecular weight is 340 g/mol. The number of nitrogens with one attached hydrogen (secondary N) is 1. The number of amidine groups is 1. The monoisotopic (exact) mass is 340 g/mol. The summed E-state index contributed by atoms with van der Waals surface area (Å²) in [4.78, 5) is 13.6. The molecule has 0 radical (unpaired) electrons. The lowest BCUT2D eigenvalue weighted by molar-refractivity contribution is 0.00578. The second-order valence-corrected chi connectivity index (χ2v) is 8.05. The van der Waals surface area contributed by atoms with Crippen molar-refractivity contribution in [3.8, 4) is 0 Å². The summed E-state index contributed by atoms with van der Waals surface area (Å²) >= 11 is 0. The molecule has 2 aliphatic heterocycles. The molecule has 7 heteroatoms. The summed E-state index contributed by atoms with van der Waals surface area (Å²) in [6.45, 7) is 8.23. The summed E-state index contributed by atoms with van der Waals surface area (Å²) in [6, 6.07) is 3.91. The minimum absolute atomic E-state index is 0.0857. The van der Waals surface area contributed by atoms with Crippen molar-refractivity contribution >= 4 is 30.4 Å². The van der Waals surface area contributed by atoms with Gasteiger partial charge < -0.3 is 14.6 Å². The minimum Gasteiger partial charge on any atom is -0.399 e. The summed E-state index contributed by atoms with van der Waals surface area (Å²) in [5.41, 5.74) is 0.256. The Labute approximate surface area is 149 Å². The lowest BCUT2D eigenvalue weighted by Crippen LogP contribution is -2.41. The van der Waals surface area contributed by atoms with Crippen molar-refractivity contribution in [1.29, 1.82) is 0 Å². The van der Waals surface area contributed by atoms with Crippen molar-refractivity contribution < 1.29 is 9.31 Å². The molecule has 1 N–H and O–H groups in total. The summed E-state index contributed by atoms with van der Waals surface area (Å²) in [5, 5.41) is 3.34. The quantitative estimate of drug-likeness (QED) is 0.858. The Balaban J connectivity index is 1.49. The van der Waals surface area contributed by atoms with Crippen LogP contribution in [0, 0.1) is 5.92 Å². The Morgan fingerprint density at radius 1 is 1.16 bits per heavy atom. The van der Waals surface area contributed by atoms with Crippen molar-refractivity contribution in [1.82, 2.24) is 4.98 Å². The second kappa shape index (κ2) is 5.92. The Hall–Kier alpha value is -1.73. The Bertz CT molecular complexity index is 712. The first-order valence-electron chi connectivity index (χ1n) is 9.01. The molecular formula is C18H25BN4O2. The molecule has 1 saturated heterocycles. The van der Waals surface area contributed by atoms with Crippen LogP contribution in [-0.2, 0) is 9.31 Å². The van der Waals surface area contributed by atoms with E-state index in [0.29, 0.717) is 12.3 Å². The van der Waals surface area contributed by atoms with Crippen LogP contribution >= 0.6 is 0 Å². The lowest BCUT2D eigenvalue weighted by atomic mass is 9.80. The van der Waals surface area contributed by atoms with Crippen LogP contribution in [0.25, 0.3) is 0 Å². The summed E-state index contributed by atoms with van der Waals surface area (Å²) < 4.78 is 12.2. The molecule has 0 spiro atoms. The number of aromatic nitrogens is 1. The summed E-state index contributed by atoms with van der Waals surface area (Å²) in [6.07, 6.45) is 6.99. The van der Waals surface area contributed by atoms with Gasteiger partial charge in [-0.2, -0.15) is 0 Å². The molecule has 2 fully saturated rings. The van der Waals surface area contributed by atoms with Gasteiger partial charge in [-0.05, 0) is 58.1 Å². The van der Waals surface area contributed by atoms with Gasteiger partial charge >= 0.3 is 7.12 Å². The van der Waals surface area contributed by atoms with Crippen LogP contribution < -0.4 is 10.8 Å². The third-order valence-electron chi connectivity index (χ3n) is 5.46. The zero-order valence-electron chi connectivity index (χ0n) is 15.3. The predicted octanol–water partition coefficient (Wildman–Crippen LogP) is 2.40. The number of anilines is 1. The Morgan fingerprint density at radius 2 is 1.88 bits per heavy atom. The maximum atomic E-state index is 6.12. The third kappa shape index (κ3) is 3.35. The van der Waals surface area contributed by atoms with Gasteiger partial charge in [-0.15, -0.1) is 0 Å². The van der Waals surface area contributed by atoms with E-state index >= 15 is 0 Å². The van der Waals surface area contributed by atoms with Crippen molar-refractivity contribution in [3.05, 3.63) is 18.3 Å². The van der Waals surface area contributed by atoms with Gasteiger partial charge in [0.25, 0.3) is 0 Å². The molecule has 1 atom stereocenters. The molecule has 1 saturated carbocycles. The molecule has 0 amide bonds. The lowest BCUT2D eigenvalue weighted by Gasteiger charge is -2.32. The van der Waals surface area contributed by atoms with Crippen molar-refractivity contribution in [3.63, 3.8) is 0 Å². The summed E-state index contributed by atoms with van der Waals surface area (Å²) in [7, 11) is -0.386. The molecule has 3 heterocycles. The van der Waals surface area contributed by atoms with E-state index in [-0.39, 0.29) is 24.5 Å². The third-order valence-corrected chi connectivity index (χ3v) is 5.46. The normalized spacial score (nSPS) is 27.3. The molecule has 0 bridgehead atoms. The summed E-state index contributed by atoms with van der Waals surface area (Å²) in [5.74, 6) is 2.30. The van der Waals surface area contributed by atoms with E-state index in [1.165, 1.54) is 12.8 Å². The number of rotatable bonds is 3. The fourth-order valence-corrected chi connectivity index (χ4v) is 2.99. The number of pyridine rings is 1. The average Bonchev–Trinajstić information content (AvgIpc) is 3.36. The van der Waals surface area contributed by atoms with Crippen molar-refractivity contribution in [2.45, 2.75) is 64.3 Å². The Morgan fingerprint density at radius 3 is 2.56 bits per heavy atom. The van der Waals surface area contributed by atoms with E-state index in [4.69, 9.17) is 14.3 Å². The first-order valence-corrected chi connectivity index (χ1v) is 9.01. The topological polar surface area (TPSA) is 68.1 Å². The first kappa shape index (κ1) is 16.7. The standard InChI is InChI=1S/C18H25BN4O2/c1-17(2)18(3,4)25-19(24-17)13-7-9-20-15(11-13)22-14-8-10-21-16(23-14)12-5-6-12/h7,9-12,16H,5-6,8H2,1-4H3,(H,20,22,23). The molecular weight excluding hydrogens is 315 g/mol. The molecule has 6 nitrogen and oxygen atoms in total. The van der Waals surface area contributed by atoms with E-state index in [0.717, 1.165) is 17.1 Å². The molecule has 1 aromatic heterocycles. The van der Waals surface area contributed by atoms with Crippen LogP contribution in [0.2, 0.25) is 0 Å². The van der Waals surface area contributed by atoms with Gasteiger partial charge in [0.2, 0.25) is 0 Å². The van der Waals surface area contributed by atoms with Crippen LogP contribution in [-0.4, -0.2) is 41.5 Å². The highest BCUT2D eigenvalue weighted by molar-refractivity contribution is 6.62. The smallest absolute Gasteiger partial charge is 0.399 e. The van der Waals surface area contributed by atoms with Crippen LogP contribution in [0.4, 0.5) is 5.82 Å². The first-order chi connectivity index (χ1) is 11.8. The molecule has 0 aromatic carbocycles. The van der Waals surface area contributed by atoms with Crippen molar-refractivity contribution in [2.75, 3.05) is 5.32 Å². The fraction of sp³-hybridized carbons (Fsp3) is 0.611. The van der Waals surface area contributed by atoms with Gasteiger partial charge in [0, 0.05) is 24.8 Å². The van der Waals surface area contributed by atoms with E-state index < -0.39 is 0 Å². The molecule has 3 aliphatic rings. The Kier molecular flexibility index (Phi) is 3.96. The van der Waals surface area contributed by atoms with Crippen LogP contribution in [0.3, 0.4) is 0 Å². The number of aliphatic imine (C=N–C) groups is 2. The number of hydrogen-bond acceptors (Lipinski definition) is 6. The molecule has 1 aliphatic carbocycles. The highest BCUT2D eigenvalue weighted by Gasteiger charge is 2.51. The van der Waals surface area contributed by atoms with E-state index in [1.54, 1.807) is 6.20 Å². The maximum Gasteiger partial charge on any atom is 0.495 e. The SMILES string of the molecule is CC1(C)OB(c2ccnc(NC3=NC(C4CC4)N=CC3)c2)OC1(C)C. The molecule has 4 rings (SSSR count). The van der Waals surface area contributed by atoms with Crippen LogP contribution in [0.1, 0.15) is 47.0 Å². The highest BCUT2D eigenvalue weighted by atomic mass is 16.7. The van der Waals surface area contributed by atoms with Crippen molar-refractivity contribution in [2.24, 2.45) is 15.9 Å². The molecule has 132 valence electrons. The zero-order chi connectivity index (χ0) is 17.7. The van der Waals surface area contributed by atoms with Gasteiger partial charge in [0.05, 0.1) is 11.2 Å². The van der Waals surface area contributed by atoms with Gasteiger partial charge in [0.1, 0.15) is 17.8 Å². The van der Waals surface area contributed by atoms with Gasteiger partial charge in [-0.1, -0.05) is 0 Å². The van der Waals surface area contributed by atoms with Crippen LogP contribution in [0.15, 0.2) is 28.3 Å². The van der Waals surface area contributed by atoms with E-state index in [1.807, 2.05) is 18.3 Å². The molecule has 1 unspecified atom stereocenters. The molecule has 25 heavy (non-hydrogen) atoms. The zero-order valence-corrected chi connectivity index (χ0v) is 15.3. The number of nitrogens with zero attached hydrogens (tertiary/aromatic N) is 3. The fourth-order valence-electron chi connectivity index (χ4n) is 2.99. The predicted molar refractivity (Wildman–Crippen MR) is 101 cm³/mol. The maximum absolute atomic E-state index is 6.12. The van der Waals surface area contributed by atoms with E-state index in [2.05, 4.69) is 43.0 Å². The highest BCUT2D eigenvalue weighted by Crippen LogP contribution is 2.37. The van der Waals surface area contributed by atoms with Crippen LogP contribution in [0.5, 0.6) is 0 Å². The molecule has 1 aromatic rings. The number of hydrogen-bond donors (Lipinski definition) is 1. The van der Waals surface area contributed by atoms with Gasteiger partial charge in [0.15, 0.2) is 0 Å². The van der Waals surface area contributed by atoms with Gasteiger partial charge in [-0.25, -0.2) is 9.98 Å². The van der Waals surface area contributed by atoms with Gasteiger partial charge in [-0.3, -0.25) is 4.99 Å². The van der Waals surface area contributed by atoms with E-state index in [9.17, 15) is 0 Å². The second-order valence-electron chi connectivity index (χ2n) is 8.05.